The van der Waals surface area contributed by atoms with Gasteiger partial charge in [-0.05, 0) is 13.8 Å². The van der Waals surface area contributed by atoms with E-state index in [4.69, 9.17) is 37.5 Å². The predicted molar refractivity (Wildman–Crippen MR) is 78.7 cm³/mol. The summed E-state index contributed by atoms with van der Waals surface area (Å²) in [4.78, 5) is 17.5. The molecule has 1 aliphatic rings. The van der Waals surface area contributed by atoms with E-state index in [1.54, 1.807) is 13.8 Å². The third-order valence-electron chi connectivity index (χ3n) is 2.06. The number of hydrogen-bond acceptors (Lipinski definition) is 9. The van der Waals surface area contributed by atoms with Crippen molar-refractivity contribution in [3.63, 3.8) is 0 Å². The summed E-state index contributed by atoms with van der Waals surface area (Å²) >= 11 is 0. The van der Waals surface area contributed by atoms with E-state index in [1.165, 1.54) is 0 Å². The van der Waals surface area contributed by atoms with Gasteiger partial charge in [0.15, 0.2) is 0 Å². The summed E-state index contributed by atoms with van der Waals surface area (Å²) in [6, 6.07) is 0. The van der Waals surface area contributed by atoms with Crippen molar-refractivity contribution in [1.82, 2.24) is 0 Å². The number of carbonyl (C=O) groups is 1. The third kappa shape index (κ3) is 9.25. The number of rotatable bonds is 9. The van der Waals surface area contributed by atoms with E-state index in [9.17, 15) is 4.57 Å². The molecule has 22 heavy (non-hydrogen) atoms. The molecule has 0 radical (unpaired) electrons. The molecule has 0 aromatic heterocycles. The number of phosphoric acid groups is 1. The molecule has 0 bridgehead atoms. The monoisotopic (exact) mass is 362 g/mol. The van der Waals surface area contributed by atoms with E-state index >= 15 is 0 Å². The smallest absolute Gasteiger partial charge is 0.307 e. The van der Waals surface area contributed by atoms with Crippen molar-refractivity contribution >= 4 is 23.0 Å². The van der Waals surface area contributed by atoms with Crippen molar-refractivity contribution in [3.8, 4) is 0 Å². The van der Waals surface area contributed by atoms with Crippen LogP contribution in [-0.4, -0.2) is 39.6 Å². The molecule has 9 nitrogen and oxygen atoms in total. The number of hydrogen-bond donors (Lipinski definition) is 0. The molecule has 1 fully saturated rings. The van der Waals surface area contributed by atoms with Crippen molar-refractivity contribution in [2.45, 2.75) is 27.7 Å². The molecule has 0 N–H and O–H groups in total. The van der Waals surface area contributed by atoms with E-state index in [2.05, 4.69) is 0 Å². The van der Waals surface area contributed by atoms with Gasteiger partial charge in [0.1, 0.15) is 13.1 Å². The van der Waals surface area contributed by atoms with Gasteiger partial charge in [0.2, 0.25) is 0 Å². The molecule has 0 aromatic carbocycles. The average Bonchev–Trinajstić information content (AvgIpc) is 2.52. The van der Waals surface area contributed by atoms with Crippen LogP contribution in [0.25, 0.3) is 0 Å². The number of carbonyl (C=O) groups excluding carboxylic acids is 1. The number of phosphoric ester groups is 1. The normalized spacial score (nSPS) is 19.5. The second-order valence-electron chi connectivity index (χ2n) is 4.71. The van der Waals surface area contributed by atoms with Crippen molar-refractivity contribution in [1.29, 1.82) is 0 Å². The fourth-order valence-electron chi connectivity index (χ4n) is 1.06. The molecule has 0 amide bonds. The van der Waals surface area contributed by atoms with Crippen LogP contribution in [0.5, 0.6) is 0 Å². The summed E-state index contributed by atoms with van der Waals surface area (Å²) in [6.07, 6.45) is -0.146. The Labute approximate surface area is 131 Å². The lowest BCUT2D eigenvalue weighted by molar-refractivity contribution is -0.254. The molecule has 1 saturated heterocycles. The Bertz CT molecular complexity index is 318. The predicted octanol–water partition coefficient (Wildman–Crippen LogP) is 3.20. The molecule has 0 aliphatic carbocycles. The van der Waals surface area contributed by atoms with E-state index in [-0.39, 0.29) is 11.8 Å². The Balaban J connectivity index is 0.00000211. The van der Waals surface area contributed by atoms with Gasteiger partial charge in [-0.25, -0.2) is 14.3 Å². The largest absolute Gasteiger partial charge is 0.475 e. The summed E-state index contributed by atoms with van der Waals surface area (Å²) in [5.41, 5.74) is -0.189. The highest BCUT2D eigenvalue weighted by Crippen LogP contribution is 2.57. The second-order valence-corrected chi connectivity index (χ2v) is 7.60. The van der Waals surface area contributed by atoms with Crippen LogP contribution >= 0.6 is 16.2 Å². The van der Waals surface area contributed by atoms with Crippen LogP contribution in [0.2, 0.25) is 0 Å². The zero-order chi connectivity index (χ0) is 17.1. The lowest BCUT2D eigenvalue weighted by atomic mass is 9.97. The van der Waals surface area contributed by atoms with E-state index in [1.807, 2.05) is 20.6 Å². The van der Waals surface area contributed by atoms with Gasteiger partial charge >= 0.3 is 7.82 Å². The molecular formula is C11H24O9P2. The highest BCUT2D eigenvalue weighted by Gasteiger charge is 2.39. The molecule has 1 aliphatic heterocycles. The first kappa shape index (κ1) is 22.1. The van der Waals surface area contributed by atoms with Crippen LogP contribution in [0, 0.1) is 5.41 Å². The highest BCUT2D eigenvalue weighted by molar-refractivity contribution is 7.51. The molecule has 132 valence electrons. The van der Waals surface area contributed by atoms with Crippen molar-refractivity contribution in [3.05, 3.63) is 0 Å². The third-order valence-corrected chi connectivity index (χ3v) is 4.48. The van der Waals surface area contributed by atoms with Gasteiger partial charge < -0.3 is 4.79 Å². The van der Waals surface area contributed by atoms with Crippen molar-refractivity contribution < 1.29 is 42.1 Å². The first-order valence-corrected chi connectivity index (χ1v) is 9.42. The molecule has 0 unspecified atom stereocenters. The lowest BCUT2D eigenvalue weighted by Gasteiger charge is -2.33. The van der Waals surface area contributed by atoms with Crippen molar-refractivity contribution in [2.75, 3.05) is 32.8 Å². The minimum Gasteiger partial charge on any atom is -0.307 e. The minimum absolute atomic E-state index is 0.146. The quantitative estimate of drug-likeness (QED) is 0.348. The van der Waals surface area contributed by atoms with Crippen LogP contribution in [0.1, 0.15) is 27.7 Å². The Morgan fingerprint density at radius 1 is 1.09 bits per heavy atom. The van der Waals surface area contributed by atoms with Gasteiger partial charge in [0.25, 0.3) is 8.38 Å². The fourth-order valence-corrected chi connectivity index (χ4v) is 3.80. The van der Waals surface area contributed by atoms with E-state index in [0.29, 0.717) is 26.4 Å². The Hall–Kier alpha value is 0.0500. The summed E-state index contributed by atoms with van der Waals surface area (Å²) in [7, 11) is -5.22. The van der Waals surface area contributed by atoms with Gasteiger partial charge in [0, 0.05) is 5.41 Å². The van der Waals surface area contributed by atoms with Gasteiger partial charge in [0.05, 0.1) is 26.4 Å². The molecule has 11 heteroatoms. The Morgan fingerprint density at radius 3 is 1.95 bits per heavy atom. The fraction of sp³-hybridized carbons (Fsp3) is 0.909. The van der Waals surface area contributed by atoms with Crippen molar-refractivity contribution in [2.24, 2.45) is 5.41 Å². The Morgan fingerprint density at radius 2 is 1.55 bits per heavy atom. The zero-order valence-corrected chi connectivity index (χ0v) is 15.1. The first-order chi connectivity index (χ1) is 10.4. The average molecular weight is 362 g/mol. The summed E-state index contributed by atoms with van der Waals surface area (Å²) < 4.78 is 37.5. The summed E-state index contributed by atoms with van der Waals surface area (Å²) in [5.74, 6) is 0. The van der Waals surface area contributed by atoms with Crippen LogP contribution in [0.15, 0.2) is 0 Å². The van der Waals surface area contributed by atoms with Gasteiger partial charge in [-0.15, -0.1) is 0 Å². The van der Waals surface area contributed by atoms with Crippen LogP contribution < -0.4 is 0 Å². The van der Waals surface area contributed by atoms with E-state index in [0.717, 1.165) is 0 Å². The maximum absolute atomic E-state index is 12.1. The molecule has 0 saturated carbocycles. The minimum atomic E-state index is -3.57. The molecule has 0 spiro atoms. The molecule has 1 rings (SSSR count). The van der Waals surface area contributed by atoms with Gasteiger partial charge in [-0.3, -0.25) is 13.6 Å². The van der Waals surface area contributed by atoms with Crippen LogP contribution in [0.3, 0.4) is 0 Å². The van der Waals surface area contributed by atoms with Crippen LogP contribution in [-0.2, 0) is 42.1 Å². The van der Waals surface area contributed by atoms with Gasteiger partial charge in [-0.2, -0.15) is 9.35 Å². The standard InChI is InChI=1S/C10H22O8P2.CH2O/c1-5-12-17-19(18-13-6-2)9-16-20(11)14-7-10(3,4)8-15-20;1-2/h5-9H2,1-4H3;1H2. The topological polar surface area (TPSA) is 98.8 Å². The SMILES string of the molecule is C=O.CCOOP(COP1(=O)OCC(C)(C)CO1)OOCC. The second kappa shape index (κ2) is 11.6. The van der Waals surface area contributed by atoms with Crippen LogP contribution in [0.4, 0.5) is 0 Å². The first-order valence-electron chi connectivity index (χ1n) is 6.60. The zero-order valence-electron chi connectivity index (χ0n) is 13.3. The van der Waals surface area contributed by atoms with Gasteiger partial charge in [-0.1, -0.05) is 13.8 Å². The maximum Gasteiger partial charge on any atom is 0.475 e. The maximum atomic E-state index is 12.1. The molecule has 1 heterocycles. The summed E-state index contributed by atoms with van der Waals surface area (Å²) in [6.45, 7) is 10.7. The summed E-state index contributed by atoms with van der Waals surface area (Å²) in [5, 5.41) is 0. The molecule has 0 atom stereocenters. The lowest BCUT2D eigenvalue weighted by Crippen LogP contribution is -2.29. The Kier molecular flexibility index (Phi) is 11.6. The van der Waals surface area contributed by atoms with E-state index < -0.39 is 16.2 Å². The molecular weight excluding hydrogens is 338 g/mol. The highest BCUT2D eigenvalue weighted by atomic mass is 31.2. The molecule has 0 aromatic rings.